The van der Waals surface area contributed by atoms with Gasteiger partial charge in [-0.2, -0.15) is 0 Å². The molecule has 0 spiro atoms. The van der Waals surface area contributed by atoms with Crippen LogP contribution in [-0.2, 0) is 11.2 Å². The van der Waals surface area contributed by atoms with Crippen molar-refractivity contribution in [1.29, 1.82) is 0 Å². The molecule has 0 radical (unpaired) electrons. The van der Waals surface area contributed by atoms with Crippen LogP contribution < -0.4 is 5.69 Å². The van der Waals surface area contributed by atoms with Crippen molar-refractivity contribution in [2.75, 3.05) is 0 Å². The maximum absolute atomic E-state index is 11.9. The molecule has 2 aromatic rings. The monoisotopic (exact) mass is 276 g/mol. The number of imidazole rings is 1. The lowest BCUT2D eigenvalue weighted by atomic mass is 9.86. The van der Waals surface area contributed by atoms with Gasteiger partial charge in [-0.25, -0.2) is 4.79 Å². The fourth-order valence-corrected chi connectivity index (χ4v) is 2.39. The molecule has 0 aliphatic rings. The third kappa shape index (κ3) is 2.48. The Hall–Kier alpha value is -2.04. The normalized spacial score (nSPS) is 12.2. The van der Waals surface area contributed by atoms with Gasteiger partial charge in [-0.05, 0) is 51.8 Å². The molecule has 0 fully saturated rings. The molecular weight excluding hydrogens is 256 g/mol. The van der Waals surface area contributed by atoms with Crippen LogP contribution in [0.1, 0.15) is 39.3 Å². The fourth-order valence-electron chi connectivity index (χ4n) is 2.39. The van der Waals surface area contributed by atoms with Crippen LogP contribution in [0.2, 0.25) is 0 Å². The number of nitrogens with one attached hydrogen (secondary N) is 1. The molecule has 0 atom stereocenters. The van der Waals surface area contributed by atoms with Crippen LogP contribution in [0.5, 0.6) is 0 Å². The summed E-state index contributed by atoms with van der Waals surface area (Å²) in [7, 11) is 0. The number of benzene rings is 1. The quantitative estimate of drug-likeness (QED) is 0.901. The first-order chi connectivity index (χ1) is 9.22. The molecule has 0 saturated carbocycles. The van der Waals surface area contributed by atoms with Gasteiger partial charge >= 0.3 is 11.7 Å². The van der Waals surface area contributed by atoms with E-state index in [0.717, 1.165) is 16.6 Å². The van der Waals surface area contributed by atoms with E-state index in [9.17, 15) is 14.7 Å². The maximum atomic E-state index is 11.9. The molecule has 1 aromatic heterocycles. The zero-order chi connectivity index (χ0) is 15.1. The van der Waals surface area contributed by atoms with Crippen molar-refractivity contribution >= 4 is 17.0 Å². The number of nitrogens with zero attached hydrogens (tertiary/aromatic N) is 1. The van der Waals surface area contributed by atoms with E-state index in [1.807, 2.05) is 32.0 Å². The molecule has 5 heteroatoms. The minimum absolute atomic E-state index is 0.0811. The van der Waals surface area contributed by atoms with Crippen molar-refractivity contribution in [3.8, 4) is 0 Å². The minimum atomic E-state index is -0.828. The molecular formula is C15H20N2O3. The highest BCUT2D eigenvalue weighted by Crippen LogP contribution is 2.24. The molecule has 5 nitrogen and oxygen atoms in total. The molecule has 0 aliphatic carbocycles. The summed E-state index contributed by atoms with van der Waals surface area (Å²) in [6.07, 6.45) is 0.424. The summed E-state index contributed by atoms with van der Waals surface area (Å²) < 4.78 is 1.70. The van der Waals surface area contributed by atoms with Crippen LogP contribution >= 0.6 is 0 Å². The molecule has 1 aromatic carbocycles. The first-order valence-corrected chi connectivity index (χ1v) is 6.69. The number of rotatable bonds is 4. The first kappa shape index (κ1) is 14.4. The van der Waals surface area contributed by atoms with Gasteiger partial charge in [0.15, 0.2) is 0 Å². The second-order valence-corrected chi connectivity index (χ2v) is 6.11. The van der Waals surface area contributed by atoms with E-state index in [4.69, 9.17) is 0 Å². The maximum Gasteiger partial charge on any atom is 0.326 e. The Balaban J connectivity index is 2.46. The molecule has 0 unspecified atom stereocenters. The zero-order valence-electron chi connectivity index (χ0n) is 12.2. The van der Waals surface area contributed by atoms with Gasteiger partial charge in [0, 0.05) is 6.04 Å². The summed E-state index contributed by atoms with van der Waals surface area (Å²) in [5.41, 5.74) is 1.55. The molecule has 0 aliphatic heterocycles. The number of carbonyl (C=O) groups is 1. The van der Waals surface area contributed by atoms with Gasteiger partial charge in [-0.15, -0.1) is 0 Å². The Morgan fingerprint density at radius 2 is 2.05 bits per heavy atom. The lowest BCUT2D eigenvalue weighted by Gasteiger charge is -2.19. The average Bonchev–Trinajstić information content (AvgIpc) is 2.63. The van der Waals surface area contributed by atoms with Crippen molar-refractivity contribution < 1.29 is 9.90 Å². The highest BCUT2D eigenvalue weighted by Gasteiger charge is 2.27. The average molecular weight is 276 g/mol. The van der Waals surface area contributed by atoms with Crippen LogP contribution in [0.15, 0.2) is 23.0 Å². The van der Waals surface area contributed by atoms with E-state index in [1.165, 1.54) is 0 Å². The predicted octanol–water partition coefficient (Wildman–Crippen LogP) is 2.56. The van der Waals surface area contributed by atoms with E-state index in [1.54, 1.807) is 18.4 Å². The van der Waals surface area contributed by atoms with Crippen molar-refractivity contribution in [3.63, 3.8) is 0 Å². The summed E-state index contributed by atoms with van der Waals surface area (Å²) >= 11 is 0. The lowest BCUT2D eigenvalue weighted by molar-refractivity contribution is -0.146. The van der Waals surface area contributed by atoms with Crippen molar-refractivity contribution in [2.24, 2.45) is 5.41 Å². The van der Waals surface area contributed by atoms with Gasteiger partial charge in [0.2, 0.25) is 0 Å². The summed E-state index contributed by atoms with van der Waals surface area (Å²) in [5.74, 6) is -0.828. The van der Waals surface area contributed by atoms with E-state index in [0.29, 0.717) is 6.42 Å². The number of aliphatic carboxylic acids is 1. The Bertz CT molecular complexity index is 707. The van der Waals surface area contributed by atoms with E-state index in [2.05, 4.69) is 4.98 Å². The SMILES string of the molecule is CC(C)n1c(=O)[nH]c2cc(CC(C)(C)C(=O)O)ccc21. The van der Waals surface area contributed by atoms with Gasteiger partial charge in [-0.1, -0.05) is 6.07 Å². The van der Waals surface area contributed by atoms with Crippen LogP contribution in [0, 0.1) is 5.41 Å². The minimum Gasteiger partial charge on any atom is -0.481 e. The Morgan fingerprint density at radius 1 is 1.40 bits per heavy atom. The summed E-state index contributed by atoms with van der Waals surface area (Å²) in [4.78, 5) is 25.9. The number of aromatic amines is 1. The standard InChI is InChI=1S/C15H20N2O3/c1-9(2)17-12-6-5-10(7-11(12)16-14(17)20)8-15(3,4)13(18)19/h5-7,9H,8H2,1-4H3,(H,16,20)(H,18,19). The highest BCUT2D eigenvalue weighted by atomic mass is 16.4. The third-order valence-corrected chi connectivity index (χ3v) is 3.52. The third-order valence-electron chi connectivity index (χ3n) is 3.52. The van der Waals surface area contributed by atoms with E-state index >= 15 is 0 Å². The van der Waals surface area contributed by atoms with Crippen molar-refractivity contribution in [3.05, 3.63) is 34.2 Å². The Morgan fingerprint density at radius 3 is 2.60 bits per heavy atom. The molecule has 0 bridgehead atoms. The van der Waals surface area contributed by atoms with Gasteiger partial charge in [0.05, 0.1) is 16.4 Å². The largest absolute Gasteiger partial charge is 0.481 e. The van der Waals surface area contributed by atoms with Gasteiger partial charge in [0.25, 0.3) is 0 Å². The second-order valence-electron chi connectivity index (χ2n) is 6.11. The van der Waals surface area contributed by atoms with Gasteiger partial charge in [0.1, 0.15) is 0 Å². The molecule has 0 saturated heterocycles. The number of fused-ring (bicyclic) bond motifs is 1. The molecule has 108 valence electrons. The van der Waals surface area contributed by atoms with Crippen LogP contribution in [0.3, 0.4) is 0 Å². The van der Waals surface area contributed by atoms with Crippen LogP contribution in [0.25, 0.3) is 11.0 Å². The zero-order valence-corrected chi connectivity index (χ0v) is 12.2. The Labute approximate surface area is 117 Å². The number of hydrogen-bond acceptors (Lipinski definition) is 2. The lowest BCUT2D eigenvalue weighted by Crippen LogP contribution is -2.26. The Kier molecular flexibility index (Phi) is 3.46. The van der Waals surface area contributed by atoms with Gasteiger partial charge in [-0.3, -0.25) is 9.36 Å². The predicted molar refractivity (Wildman–Crippen MR) is 78.1 cm³/mol. The molecule has 1 heterocycles. The first-order valence-electron chi connectivity index (χ1n) is 6.69. The number of H-pyrrole nitrogens is 1. The van der Waals surface area contributed by atoms with Crippen LogP contribution in [-0.4, -0.2) is 20.6 Å². The second kappa shape index (κ2) is 4.81. The summed E-state index contributed by atoms with van der Waals surface area (Å²) in [6.45, 7) is 7.30. The molecule has 20 heavy (non-hydrogen) atoms. The molecule has 2 N–H and O–H groups in total. The molecule has 0 amide bonds. The molecule has 2 rings (SSSR count). The number of carboxylic acids is 1. The number of aromatic nitrogens is 2. The summed E-state index contributed by atoms with van der Waals surface area (Å²) in [5, 5.41) is 9.17. The fraction of sp³-hybridized carbons (Fsp3) is 0.467. The van der Waals surface area contributed by atoms with E-state index < -0.39 is 11.4 Å². The smallest absolute Gasteiger partial charge is 0.326 e. The van der Waals surface area contributed by atoms with Crippen molar-refractivity contribution in [2.45, 2.75) is 40.2 Å². The van der Waals surface area contributed by atoms with Crippen LogP contribution in [0.4, 0.5) is 0 Å². The van der Waals surface area contributed by atoms with E-state index in [-0.39, 0.29) is 11.7 Å². The highest BCUT2D eigenvalue weighted by molar-refractivity contribution is 5.77. The topological polar surface area (TPSA) is 75.1 Å². The van der Waals surface area contributed by atoms with Gasteiger partial charge < -0.3 is 10.1 Å². The number of carboxylic acid groups (broad SMARTS) is 1. The summed E-state index contributed by atoms with van der Waals surface area (Å²) in [6, 6.07) is 5.71. The van der Waals surface area contributed by atoms with Crippen molar-refractivity contribution in [1.82, 2.24) is 9.55 Å². The number of hydrogen-bond donors (Lipinski definition) is 2.